The monoisotopic (exact) mass is 332 g/mol. The van der Waals surface area contributed by atoms with Gasteiger partial charge in [0.05, 0.1) is 5.69 Å². The van der Waals surface area contributed by atoms with Crippen molar-refractivity contribution in [2.75, 3.05) is 11.1 Å². The number of anilines is 2. The van der Waals surface area contributed by atoms with Gasteiger partial charge in [-0.1, -0.05) is 12.1 Å². The van der Waals surface area contributed by atoms with Crippen LogP contribution in [0.25, 0.3) is 0 Å². The predicted octanol–water partition coefficient (Wildman–Crippen LogP) is 4.21. The molecular formula is C16H17BrN2O. The Balaban J connectivity index is 2.33. The molecule has 2 aromatic rings. The molecule has 0 atom stereocenters. The highest BCUT2D eigenvalue weighted by Gasteiger charge is 2.12. The Hall–Kier alpha value is -1.81. The molecule has 0 heterocycles. The highest BCUT2D eigenvalue weighted by atomic mass is 79.9. The van der Waals surface area contributed by atoms with E-state index in [0.717, 1.165) is 21.2 Å². The van der Waals surface area contributed by atoms with Gasteiger partial charge in [0.25, 0.3) is 5.91 Å². The lowest BCUT2D eigenvalue weighted by molar-refractivity contribution is 0.102. The third-order valence-corrected chi connectivity index (χ3v) is 4.11. The quantitative estimate of drug-likeness (QED) is 0.809. The molecule has 2 rings (SSSR count). The van der Waals surface area contributed by atoms with Crippen molar-refractivity contribution in [1.82, 2.24) is 0 Å². The van der Waals surface area contributed by atoms with Gasteiger partial charge in [-0.25, -0.2) is 0 Å². The fourth-order valence-electron chi connectivity index (χ4n) is 1.97. The number of halogens is 1. The number of hydrogen-bond donors (Lipinski definition) is 2. The van der Waals surface area contributed by atoms with Crippen LogP contribution in [0.1, 0.15) is 27.0 Å². The van der Waals surface area contributed by atoms with E-state index in [1.807, 2.05) is 45.0 Å². The molecule has 0 radical (unpaired) electrons. The van der Waals surface area contributed by atoms with Crippen molar-refractivity contribution in [3.05, 3.63) is 57.1 Å². The van der Waals surface area contributed by atoms with Gasteiger partial charge in [-0.15, -0.1) is 0 Å². The molecule has 0 spiro atoms. The van der Waals surface area contributed by atoms with E-state index < -0.39 is 0 Å². The Kier molecular flexibility index (Phi) is 4.14. The van der Waals surface area contributed by atoms with Crippen molar-refractivity contribution in [2.45, 2.75) is 20.8 Å². The van der Waals surface area contributed by atoms with E-state index in [2.05, 4.69) is 21.2 Å². The Labute approximate surface area is 127 Å². The Morgan fingerprint density at radius 1 is 1.15 bits per heavy atom. The lowest BCUT2D eigenvalue weighted by Gasteiger charge is -2.12. The molecule has 104 valence electrons. The molecule has 0 aromatic heterocycles. The number of carbonyl (C=O) groups excluding carboxylic acids is 1. The molecule has 0 bridgehead atoms. The molecule has 0 saturated heterocycles. The minimum absolute atomic E-state index is 0.129. The maximum Gasteiger partial charge on any atom is 0.255 e. The standard InChI is InChI=1S/C16H17BrN2O/c1-9-5-4-6-12(11(9)3)16(20)19-15-8-14(18)10(2)7-13(15)17/h4-8H,18H2,1-3H3,(H,19,20). The fourth-order valence-corrected chi connectivity index (χ4v) is 2.53. The van der Waals surface area contributed by atoms with Crippen LogP contribution in [0, 0.1) is 20.8 Å². The largest absolute Gasteiger partial charge is 0.398 e. The average molecular weight is 333 g/mol. The second-order valence-electron chi connectivity index (χ2n) is 4.89. The summed E-state index contributed by atoms with van der Waals surface area (Å²) in [6, 6.07) is 9.36. The number of benzene rings is 2. The van der Waals surface area contributed by atoms with Gasteiger partial charge < -0.3 is 11.1 Å². The van der Waals surface area contributed by atoms with E-state index >= 15 is 0 Å². The maximum atomic E-state index is 12.4. The Morgan fingerprint density at radius 2 is 1.85 bits per heavy atom. The van der Waals surface area contributed by atoms with Crippen LogP contribution >= 0.6 is 15.9 Å². The first-order chi connectivity index (χ1) is 9.40. The topological polar surface area (TPSA) is 55.1 Å². The lowest BCUT2D eigenvalue weighted by Crippen LogP contribution is -2.14. The summed E-state index contributed by atoms with van der Waals surface area (Å²) in [5.74, 6) is -0.129. The van der Waals surface area contributed by atoms with Gasteiger partial charge in [-0.2, -0.15) is 0 Å². The number of nitrogens with one attached hydrogen (secondary N) is 1. The first-order valence-electron chi connectivity index (χ1n) is 6.33. The number of nitrogen functional groups attached to an aromatic ring is 1. The number of amides is 1. The summed E-state index contributed by atoms with van der Waals surface area (Å²) in [6.45, 7) is 5.87. The van der Waals surface area contributed by atoms with E-state index in [1.54, 1.807) is 6.07 Å². The van der Waals surface area contributed by atoms with E-state index in [-0.39, 0.29) is 5.91 Å². The zero-order valence-electron chi connectivity index (χ0n) is 11.8. The summed E-state index contributed by atoms with van der Waals surface area (Å²) >= 11 is 3.45. The summed E-state index contributed by atoms with van der Waals surface area (Å²) in [4.78, 5) is 12.4. The second kappa shape index (κ2) is 5.67. The molecule has 20 heavy (non-hydrogen) atoms. The van der Waals surface area contributed by atoms with Gasteiger partial charge in [-0.05, 0) is 71.6 Å². The Bertz CT molecular complexity index is 680. The van der Waals surface area contributed by atoms with Crippen LogP contribution < -0.4 is 11.1 Å². The normalized spacial score (nSPS) is 10.4. The summed E-state index contributed by atoms with van der Waals surface area (Å²) in [6.07, 6.45) is 0. The van der Waals surface area contributed by atoms with Crippen LogP contribution in [0.3, 0.4) is 0 Å². The van der Waals surface area contributed by atoms with Crippen LogP contribution in [-0.2, 0) is 0 Å². The molecule has 3 N–H and O–H groups in total. The van der Waals surface area contributed by atoms with Crippen LogP contribution in [0.15, 0.2) is 34.8 Å². The molecule has 0 aliphatic rings. The molecule has 4 heteroatoms. The van der Waals surface area contributed by atoms with E-state index in [0.29, 0.717) is 16.9 Å². The number of aryl methyl sites for hydroxylation is 2. The van der Waals surface area contributed by atoms with Crippen molar-refractivity contribution in [1.29, 1.82) is 0 Å². The number of hydrogen-bond acceptors (Lipinski definition) is 2. The van der Waals surface area contributed by atoms with Gasteiger partial charge in [0.2, 0.25) is 0 Å². The first-order valence-corrected chi connectivity index (χ1v) is 7.12. The highest BCUT2D eigenvalue weighted by Crippen LogP contribution is 2.28. The van der Waals surface area contributed by atoms with Crippen LogP contribution in [-0.4, -0.2) is 5.91 Å². The number of nitrogens with two attached hydrogens (primary N) is 1. The molecule has 3 nitrogen and oxygen atoms in total. The number of carbonyl (C=O) groups is 1. The SMILES string of the molecule is Cc1cc(Br)c(NC(=O)c2cccc(C)c2C)cc1N. The summed E-state index contributed by atoms with van der Waals surface area (Å²) in [7, 11) is 0. The van der Waals surface area contributed by atoms with Gasteiger partial charge in [0.1, 0.15) is 0 Å². The molecule has 0 aliphatic heterocycles. The van der Waals surface area contributed by atoms with Crippen molar-refractivity contribution in [3.8, 4) is 0 Å². The predicted molar refractivity (Wildman–Crippen MR) is 87.2 cm³/mol. The third-order valence-electron chi connectivity index (χ3n) is 3.45. The third kappa shape index (κ3) is 2.85. The minimum Gasteiger partial charge on any atom is -0.398 e. The van der Waals surface area contributed by atoms with Crippen LogP contribution in [0.4, 0.5) is 11.4 Å². The first kappa shape index (κ1) is 14.6. The minimum atomic E-state index is -0.129. The van der Waals surface area contributed by atoms with Crippen molar-refractivity contribution in [3.63, 3.8) is 0 Å². The van der Waals surface area contributed by atoms with Crippen molar-refractivity contribution >= 4 is 33.2 Å². The maximum absolute atomic E-state index is 12.4. The summed E-state index contributed by atoms with van der Waals surface area (Å²) < 4.78 is 0.822. The zero-order chi connectivity index (χ0) is 14.9. The van der Waals surface area contributed by atoms with Gasteiger partial charge in [-0.3, -0.25) is 4.79 Å². The fraction of sp³-hybridized carbons (Fsp3) is 0.188. The summed E-state index contributed by atoms with van der Waals surface area (Å²) in [5.41, 5.74) is 11.0. The average Bonchev–Trinajstić information content (AvgIpc) is 2.39. The van der Waals surface area contributed by atoms with Crippen LogP contribution in [0.2, 0.25) is 0 Å². The van der Waals surface area contributed by atoms with Crippen molar-refractivity contribution in [2.24, 2.45) is 0 Å². The lowest BCUT2D eigenvalue weighted by atomic mass is 10.0. The van der Waals surface area contributed by atoms with Gasteiger partial charge in [0.15, 0.2) is 0 Å². The van der Waals surface area contributed by atoms with Crippen molar-refractivity contribution < 1.29 is 4.79 Å². The highest BCUT2D eigenvalue weighted by molar-refractivity contribution is 9.10. The zero-order valence-corrected chi connectivity index (χ0v) is 13.3. The molecular weight excluding hydrogens is 316 g/mol. The van der Waals surface area contributed by atoms with E-state index in [4.69, 9.17) is 5.73 Å². The smallest absolute Gasteiger partial charge is 0.255 e. The molecule has 0 aliphatic carbocycles. The van der Waals surface area contributed by atoms with Crippen LogP contribution in [0.5, 0.6) is 0 Å². The molecule has 0 saturated carbocycles. The summed E-state index contributed by atoms with van der Waals surface area (Å²) in [5, 5.41) is 2.90. The molecule has 0 fully saturated rings. The Morgan fingerprint density at radius 3 is 2.55 bits per heavy atom. The molecule has 1 amide bonds. The number of rotatable bonds is 2. The second-order valence-corrected chi connectivity index (χ2v) is 5.74. The molecule has 0 unspecified atom stereocenters. The van der Waals surface area contributed by atoms with Gasteiger partial charge in [0, 0.05) is 15.7 Å². The molecule has 2 aromatic carbocycles. The van der Waals surface area contributed by atoms with E-state index in [9.17, 15) is 4.79 Å². The van der Waals surface area contributed by atoms with Gasteiger partial charge >= 0.3 is 0 Å². The van der Waals surface area contributed by atoms with E-state index in [1.165, 1.54) is 0 Å².